The first-order valence-corrected chi connectivity index (χ1v) is 5.20. The summed E-state index contributed by atoms with van der Waals surface area (Å²) in [5, 5.41) is 11.1. The van der Waals surface area contributed by atoms with Crippen LogP contribution in [0.25, 0.3) is 10.2 Å². The second-order valence-electron chi connectivity index (χ2n) is 2.82. The highest BCUT2D eigenvalue weighted by molar-refractivity contribution is 7.20. The summed E-state index contributed by atoms with van der Waals surface area (Å²) in [4.78, 5) is 14.3. The molecule has 0 saturated heterocycles. The van der Waals surface area contributed by atoms with E-state index in [4.69, 9.17) is 4.74 Å². The quantitative estimate of drug-likeness (QED) is 0.593. The number of ether oxygens (including phenoxy) is 1. The lowest BCUT2D eigenvalue weighted by Gasteiger charge is -1.92. The molecular weight excluding hydrogens is 216 g/mol. The van der Waals surface area contributed by atoms with E-state index in [1.54, 1.807) is 6.07 Å². The van der Waals surface area contributed by atoms with Crippen LogP contribution in [0, 0.1) is 10.1 Å². The number of thiazole rings is 1. The van der Waals surface area contributed by atoms with Crippen molar-refractivity contribution in [2.24, 2.45) is 0 Å². The van der Waals surface area contributed by atoms with E-state index in [-0.39, 0.29) is 5.69 Å². The highest BCUT2D eigenvalue weighted by Crippen LogP contribution is 2.30. The van der Waals surface area contributed by atoms with Gasteiger partial charge in [0.1, 0.15) is 0 Å². The van der Waals surface area contributed by atoms with Crippen molar-refractivity contribution in [3.8, 4) is 5.19 Å². The fourth-order valence-corrected chi connectivity index (χ4v) is 2.10. The number of hydrogen-bond donors (Lipinski definition) is 0. The van der Waals surface area contributed by atoms with Crippen molar-refractivity contribution < 1.29 is 9.66 Å². The van der Waals surface area contributed by atoms with Gasteiger partial charge in [-0.15, -0.1) is 0 Å². The molecule has 5 nitrogen and oxygen atoms in total. The smallest absolute Gasteiger partial charge is 0.274 e. The van der Waals surface area contributed by atoms with E-state index in [0.717, 1.165) is 10.2 Å². The lowest BCUT2D eigenvalue weighted by Crippen LogP contribution is -1.89. The van der Waals surface area contributed by atoms with Crippen LogP contribution in [0.3, 0.4) is 0 Å². The molecular formula is C9H8N2O3S. The van der Waals surface area contributed by atoms with Crippen LogP contribution in [0.2, 0.25) is 0 Å². The number of nitro groups is 1. The molecule has 0 aliphatic rings. The first-order valence-electron chi connectivity index (χ1n) is 4.38. The zero-order chi connectivity index (χ0) is 10.8. The number of fused-ring (bicyclic) bond motifs is 1. The first kappa shape index (κ1) is 9.85. The third-order valence-electron chi connectivity index (χ3n) is 1.83. The Kier molecular flexibility index (Phi) is 2.51. The summed E-state index contributed by atoms with van der Waals surface area (Å²) >= 11 is 1.32. The van der Waals surface area contributed by atoms with Crippen LogP contribution in [0.4, 0.5) is 5.69 Å². The number of nitro benzene ring substituents is 1. The number of hydrogen-bond acceptors (Lipinski definition) is 5. The summed E-state index contributed by atoms with van der Waals surface area (Å²) in [5.74, 6) is 0. The fraction of sp³-hybridized carbons (Fsp3) is 0.222. The number of rotatable bonds is 3. The molecule has 6 heteroatoms. The highest BCUT2D eigenvalue weighted by Gasteiger charge is 2.10. The summed E-state index contributed by atoms with van der Waals surface area (Å²) < 4.78 is 6.00. The molecule has 0 aliphatic heterocycles. The van der Waals surface area contributed by atoms with Crippen LogP contribution in [0.15, 0.2) is 18.2 Å². The lowest BCUT2D eigenvalue weighted by atomic mass is 10.3. The zero-order valence-corrected chi connectivity index (χ0v) is 8.78. The van der Waals surface area contributed by atoms with E-state index in [1.165, 1.54) is 23.5 Å². The molecule has 1 aromatic heterocycles. The SMILES string of the molecule is CCOc1nc2ccc([N+](=O)[O-])cc2s1. The first-order chi connectivity index (χ1) is 7.20. The molecule has 15 heavy (non-hydrogen) atoms. The fourth-order valence-electron chi connectivity index (χ4n) is 1.19. The topological polar surface area (TPSA) is 65.3 Å². The lowest BCUT2D eigenvalue weighted by molar-refractivity contribution is -0.384. The maximum absolute atomic E-state index is 10.5. The molecule has 0 radical (unpaired) electrons. The highest BCUT2D eigenvalue weighted by atomic mass is 32.1. The minimum Gasteiger partial charge on any atom is -0.470 e. The van der Waals surface area contributed by atoms with Crippen LogP contribution in [0.1, 0.15) is 6.92 Å². The van der Waals surface area contributed by atoms with E-state index < -0.39 is 4.92 Å². The van der Waals surface area contributed by atoms with E-state index in [0.29, 0.717) is 11.8 Å². The summed E-state index contributed by atoms with van der Waals surface area (Å²) in [6.07, 6.45) is 0. The van der Waals surface area contributed by atoms with Gasteiger partial charge < -0.3 is 4.74 Å². The second kappa shape index (κ2) is 3.82. The Morgan fingerprint density at radius 1 is 1.60 bits per heavy atom. The van der Waals surface area contributed by atoms with Crippen LogP contribution in [0.5, 0.6) is 5.19 Å². The third kappa shape index (κ3) is 1.89. The van der Waals surface area contributed by atoms with E-state index in [9.17, 15) is 10.1 Å². The number of benzene rings is 1. The van der Waals surface area contributed by atoms with Gasteiger partial charge in [0.2, 0.25) is 0 Å². The minimum absolute atomic E-state index is 0.0780. The predicted molar refractivity (Wildman–Crippen MR) is 57.4 cm³/mol. The molecule has 2 aromatic rings. The molecule has 1 aromatic carbocycles. The number of nitrogens with zero attached hydrogens (tertiary/aromatic N) is 2. The Bertz CT molecular complexity index is 509. The van der Waals surface area contributed by atoms with Crippen molar-refractivity contribution in [1.29, 1.82) is 0 Å². The number of non-ortho nitro benzene ring substituents is 1. The van der Waals surface area contributed by atoms with Gasteiger partial charge in [-0.2, -0.15) is 0 Å². The molecule has 0 N–H and O–H groups in total. The minimum atomic E-state index is -0.417. The van der Waals surface area contributed by atoms with Gasteiger partial charge in [0, 0.05) is 12.1 Å². The Morgan fingerprint density at radius 3 is 3.07 bits per heavy atom. The summed E-state index contributed by atoms with van der Waals surface area (Å²) in [6, 6.07) is 4.58. The summed E-state index contributed by atoms with van der Waals surface area (Å²) in [5.41, 5.74) is 0.809. The average Bonchev–Trinajstić information content (AvgIpc) is 2.59. The third-order valence-corrected chi connectivity index (χ3v) is 2.76. The standard InChI is InChI=1S/C9H8N2O3S/c1-2-14-9-10-7-4-3-6(11(12)13)5-8(7)15-9/h3-5H,2H2,1H3. The van der Waals surface area contributed by atoms with Crippen LogP contribution < -0.4 is 4.74 Å². The Labute approximate surface area is 89.5 Å². The van der Waals surface area contributed by atoms with Crippen LogP contribution in [-0.4, -0.2) is 16.5 Å². The van der Waals surface area contributed by atoms with Gasteiger partial charge in [0.15, 0.2) is 0 Å². The van der Waals surface area contributed by atoms with Gasteiger partial charge >= 0.3 is 0 Å². The van der Waals surface area contributed by atoms with E-state index >= 15 is 0 Å². The maximum Gasteiger partial charge on any atom is 0.274 e. The second-order valence-corrected chi connectivity index (χ2v) is 3.82. The Hall–Kier alpha value is -1.69. The molecule has 0 amide bonds. The van der Waals surface area contributed by atoms with Gasteiger partial charge in [0.05, 0.1) is 21.7 Å². The van der Waals surface area contributed by atoms with Gasteiger partial charge in [-0.05, 0) is 13.0 Å². The molecule has 1 heterocycles. The molecule has 0 unspecified atom stereocenters. The number of aromatic nitrogens is 1. The average molecular weight is 224 g/mol. The maximum atomic E-state index is 10.5. The molecule has 0 saturated carbocycles. The van der Waals surface area contributed by atoms with Gasteiger partial charge in [-0.3, -0.25) is 10.1 Å². The molecule has 78 valence electrons. The molecule has 0 atom stereocenters. The van der Waals surface area contributed by atoms with Crippen LogP contribution in [-0.2, 0) is 0 Å². The normalized spacial score (nSPS) is 10.5. The van der Waals surface area contributed by atoms with Crippen LogP contribution >= 0.6 is 11.3 Å². The zero-order valence-electron chi connectivity index (χ0n) is 7.97. The van der Waals surface area contributed by atoms with Gasteiger partial charge in [-0.1, -0.05) is 11.3 Å². The van der Waals surface area contributed by atoms with Crippen molar-refractivity contribution >= 4 is 27.2 Å². The van der Waals surface area contributed by atoms with Crippen molar-refractivity contribution in [3.05, 3.63) is 28.3 Å². The molecule has 0 bridgehead atoms. The Balaban J connectivity index is 2.47. The van der Waals surface area contributed by atoms with Crippen molar-refractivity contribution in [2.75, 3.05) is 6.61 Å². The van der Waals surface area contributed by atoms with Crippen molar-refractivity contribution in [2.45, 2.75) is 6.92 Å². The van der Waals surface area contributed by atoms with E-state index in [2.05, 4.69) is 4.98 Å². The van der Waals surface area contributed by atoms with Crippen molar-refractivity contribution in [3.63, 3.8) is 0 Å². The molecule has 0 aliphatic carbocycles. The monoisotopic (exact) mass is 224 g/mol. The van der Waals surface area contributed by atoms with Gasteiger partial charge in [0.25, 0.3) is 10.9 Å². The molecule has 2 rings (SSSR count). The summed E-state index contributed by atoms with van der Waals surface area (Å²) in [7, 11) is 0. The van der Waals surface area contributed by atoms with E-state index in [1.807, 2.05) is 6.92 Å². The summed E-state index contributed by atoms with van der Waals surface area (Å²) in [6.45, 7) is 2.41. The predicted octanol–water partition coefficient (Wildman–Crippen LogP) is 2.60. The van der Waals surface area contributed by atoms with Crippen molar-refractivity contribution in [1.82, 2.24) is 4.98 Å². The molecule has 0 spiro atoms. The largest absolute Gasteiger partial charge is 0.470 e. The molecule has 0 fully saturated rings. The Morgan fingerprint density at radius 2 is 2.40 bits per heavy atom. The van der Waals surface area contributed by atoms with Gasteiger partial charge in [-0.25, -0.2) is 4.98 Å².